The van der Waals surface area contributed by atoms with E-state index in [1.807, 2.05) is 6.26 Å². The van der Waals surface area contributed by atoms with Gasteiger partial charge in [0, 0.05) is 5.75 Å². The molecular weight excluding hydrogens is 166 g/mol. The van der Waals surface area contributed by atoms with Crippen molar-refractivity contribution in [3.05, 3.63) is 0 Å². The standard InChI is InChI=1S/C6H11NO3S/c1-11-3-5-4(2-8)7-6(9)10-5/h4-5,8H,2-3H2,1H3,(H,7,9)/t4-,5-/m1/s1. The van der Waals surface area contributed by atoms with Crippen LogP contribution in [0.3, 0.4) is 0 Å². The third-order valence-electron chi connectivity index (χ3n) is 1.54. The summed E-state index contributed by atoms with van der Waals surface area (Å²) in [6.07, 6.45) is 1.33. The third kappa shape index (κ3) is 2.00. The molecule has 0 bridgehead atoms. The van der Waals surface area contributed by atoms with E-state index >= 15 is 0 Å². The summed E-state index contributed by atoms with van der Waals surface area (Å²) in [6, 6.07) is -0.227. The number of aliphatic hydroxyl groups is 1. The molecule has 1 saturated heterocycles. The van der Waals surface area contributed by atoms with Crippen LogP contribution in [0.2, 0.25) is 0 Å². The number of hydrogen-bond acceptors (Lipinski definition) is 4. The fourth-order valence-electron chi connectivity index (χ4n) is 0.976. The Balaban J connectivity index is 2.43. The number of carbonyl (C=O) groups excluding carboxylic acids is 1. The van der Waals surface area contributed by atoms with E-state index in [1.165, 1.54) is 0 Å². The summed E-state index contributed by atoms with van der Waals surface area (Å²) in [7, 11) is 0. The molecule has 0 radical (unpaired) electrons. The maximum absolute atomic E-state index is 10.6. The number of hydrogen-bond donors (Lipinski definition) is 2. The summed E-state index contributed by atoms with van der Waals surface area (Å²) in [6.45, 7) is -0.0586. The van der Waals surface area contributed by atoms with Crippen molar-refractivity contribution in [2.45, 2.75) is 12.1 Å². The molecule has 1 aliphatic heterocycles. The van der Waals surface area contributed by atoms with Crippen LogP contribution in [0.1, 0.15) is 0 Å². The highest BCUT2D eigenvalue weighted by Gasteiger charge is 2.32. The SMILES string of the molecule is CSC[C@H]1OC(=O)N[C@@H]1CO. The van der Waals surface area contributed by atoms with Crippen LogP contribution in [0.5, 0.6) is 0 Å². The van der Waals surface area contributed by atoms with Crippen LogP contribution < -0.4 is 5.32 Å². The molecule has 1 fully saturated rings. The zero-order valence-electron chi connectivity index (χ0n) is 6.24. The number of alkyl carbamates (subject to hydrolysis) is 1. The summed E-state index contributed by atoms with van der Waals surface area (Å²) >= 11 is 1.59. The van der Waals surface area contributed by atoms with E-state index in [1.54, 1.807) is 11.8 Å². The molecule has 0 aromatic rings. The zero-order valence-corrected chi connectivity index (χ0v) is 7.06. The lowest BCUT2D eigenvalue weighted by Crippen LogP contribution is -2.36. The number of rotatable bonds is 3. The molecule has 2 N–H and O–H groups in total. The van der Waals surface area contributed by atoms with Gasteiger partial charge in [-0.3, -0.25) is 0 Å². The second-order valence-electron chi connectivity index (χ2n) is 2.33. The minimum atomic E-state index is -0.428. The number of ether oxygens (including phenoxy) is 1. The Morgan fingerprint density at radius 1 is 1.82 bits per heavy atom. The van der Waals surface area contributed by atoms with Crippen LogP contribution in [0.4, 0.5) is 4.79 Å². The molecule has 1 aliphatic rings. The highest BCUT2D eigenvalue weighted by Crippen LogP contribution is 2.12. The lowest BCUT2D eigenvalue weighted by atomic mass is 10.2. The molecule has 0 aromatic carbocycles. The van der Waals surface area contributed by atoms with Gasteiger partial charge in [0.25, 0.3) is 0 Å². The Bertz CT molecular complexity index is 153. The minimum absolute atomic E-state index is 0.0586. The van der Waals surface area contributed by atoms with Crippen molar-refractivity contribution in [3.8, 4) is 0 Å². The first kappa shape index (κ1) is 8.67. The first-order valence-electron chi connectivity index (χ1n) is 3.35. The summed E-state index contributed by atoms with van der Waals surface area (Å²) in [5, 5.41) is 11.3. The first-order valence-corrected chi connectivity index (χ1v) is 4.74. The number of nitrogens with one attached hydrogen (secondary N) is 1. The first-order chi connectivity index (χ1) is 5.27. The van der Waals surface area contributed by atoms with Crippen LogP contribution in [-0.4, -0.2) is 42.0 Å². The predicted molar refractivity (Wildman–Crippen MR) is 42.7 cm³/mol. The molecule has 0 unspecified atom stereocenters. The van der Waals surface area contributed by atoms with Gasteiger partial charge in [-0.25, -0.2) is 4.79 Å². The monoisotopic (exact) mass is 177 g/mol. The fraction of sp³-hybridized carbons (Fsp3) is 0.833. The smallest absolute Gasteiger partial charge is 0.407 e. The van der Waals surface area contributed by atoms with Gasteiger partial charge in [0.05, 0.1) is 12.6 Å². The molecule has 11 heavy (non-hydrogen) atoms. The van der Waals surface area contributed by atoms with E-state index in [2.05, 4.69) is 5.32 Å². The third-order valence-corrected chi connectivity index (χ3v) is 2.20. The molecular formula is C6H11NO3S. The lowest BCUT2D eigenvalue weighted by Gasteiger charge is -2.12. The van der Waals surface area contributed by atoms with Gasteiger partial charge in [0.2, 0.25) is 0 Å². The molecule has 0 saturated carbocycles. The topological polar surface area (TPSA) is 58.6 Å². The summed E-state index contributed by atoms with van der Waals surface area (Å²) < 4.78 is 4.87. The van der Waals surface area contributed by atoms with Crippen LogP contribution in [0.25, 0.3) is 0 Å². The van der Waals surface area contributed by atoms with E-state index in [9.17, 15) is 4.79 Å². The molecule has 5 heteroatoms. The van der Waals surface area contributed by atoms with E-state index in [0.717, 1.165) is 5.75 Å². The molecule has 1 heterocycles. The Morgan fingerprint density at radius 3 is 3.09 bits per heavy atom. The number of amides is 1. The number of carbonyl (C=O) groups is 1. The van der Waals surface area contributed by atoms with Crippen molar-refractivity contribution in [2.75, 3.05) is 18.6 Å². The molecule has 0 aromatic heterocycles. The van der Waals surface area contributed by atoms with Crippen LogP contribution >= 0.6 is 11.8 Å². The van der Waals surface area contributed by atoms with Crippen molar-refractivity contribution in [1.29, 1.82) is 0 Å². The molecule has 1 rings (SSSR count). The largest absolute Gasteiger partial charge is 0.443 e. The van der Waals surface area contributed by atoms with Crippen molar-refractivity contribution < 1.29 is 14.6 Å². The summed E-state index contributed by atoms with van der Waals surface area (Å²) in [4.78, 5) is 10.6. The fourth-order valence-corrected chi connectivity index (χ4v) is 1.60. The Kier molecular flexibility index (Phi) is 3.02. The Morgan fingerprint density at radius 2 is 2.55 bits per heavy atom. The van der Waals surface area contributed by atoms with Gasteiger partial charge in [0.15, 0.2) is 0 Å². The highest BCUT2D eigenvalue weighted by molar-refractivity contribution is 7.98. The van der Waals surface area contributed by atoms with Gasteiger partial charge < -0.3 is 15.2 Å². The van der Waals surface area contributed by atoms with Crippen LogP contribution in [0.15, 0.2) is 0 Å². The molecule has 0 spiro atoms. The predicted octanol–water partition coefficient (Wildman–Crippen LogP) is -0.181. The van der Waals surface area contributed by atoms with Crippen LogP contribution in [0, 0.1) is 0 Å². The van der Waals surface area contributed by atoms with Gasteiger partial charge in [0.1, 0.15) is 6.10 Å². The molecule has 0 aliphatic carbocycles. The van der Waals surface area contributed by atoms with E-state index in [4.69, 9.17) is 9.84 Å². The average Bonchev–Trinajstić information content (AvgIpc) is 2.32. The number of thioether (sulfide) groups is 1. The summed E-state index contributed by atoms with van der Waals surface area (Å²) in [5.74, 6) is 0.726. The van der Waals surface area contributed by atoms with Crippen molar-refractivity contribution in [2.24, 2.45) is 0 Å². The molecule has 2 atom stereocenters. The number of cyclic esters (lactones) is 1. The minimum Gasteiger partial charge on any atom is -0.443 e. The van der Waals surface area contributed by atoms with Crippen molar-refractivity contribution in [1.82, 2.24) is 5.32 Å². The normalized spacial score (nSPS) is 29.8. The lowest BCUT2D eigenvalue weighted by molar-refractivity contribution is 0.132. The van der Waals surface area contributed by atoms with Crippen molar-refractivity contribution >= 4 is 17.9 Å². The molecule has 4 nitrogen and oxygen atoms in total. The van der Waals surface area contributed by atoms with Gasteiger partial charge in [-0.2, -0.15) is 11.8 Å². The quantitative estimate of drug-likeness (QED) is 0.628. The second kappa shape index (κ2) is 3.82. The molecule has 1 amide bonds. The van der Waals surface area contributed by atoms with Gasteiger partial charge in [-0.05, 0) is 6.26 Å². The number of aliphatic hydroxyl groups excluding tert-OH is 1. The Hall–Kier alpha value is -0.420. The zero-order chi connectivity index (χ0) is 8.27. The average molecular weight is 177 g/mol. The Labute approximate surface area is 69.3 Å². The van der Waals surface area contributed by atoms with E-state index in [0.29, 0.717) is 0 Å². The van der Waals surface area contributed by atoms with Gasteiger partial charge in [-0.1, -0.05) is 0 Å². The van der Waals surface area contributed by atoms with Gasteiger partial charge >= 0.3 is 6.09 Å². The maximum atomic E-state index is 10.6. The van der Waals surface area contributed by atoms with E-state index in [-0.39, 0.29) is 18.8 Å². The summed E-state index contributed by atoms with van der Waals surface area (Å²) in [5.41, 5.74) is 0. The molecule has 64 valence electrons. The van der Waals surface area contributed by atoms with Crippen molar-refractivity contribution in [3.63, 3.8) is 0 Å². The van der Waals surface area contributed by atoms with E-state index < -0.39 is 6.09 Å². The van der Waals surface area contributed by atoms with Gasteiger partial charge in [-0.15, -0.1) is 0 Å². The maximum Gasteiger partial charge on any atom is 0.407 e. The van der Waals surface area contributed by atoms with Crippen LogP contribution in [-0.2, 0) is 4.74 Å². The highest BCUT2D eigenvalue weighted by atomic mass is 32.2. The second-order valence-corrected chi connectivity index (χ2v) is 3.24.